The number of imide groups is 1. The standard InChI is InChI=1S/C13H15FN2O2/c14-10-5-7-11(8-6-10)15-13(18)16-9-3-1-2-4-12(16)17/h5-8H,1-4,9H2,(H,15,18). The van der Waals surface area contributed by atoms with Gasteiger partial charge in [-0.2, -0.15) is 0 Å². The Morgan fingerprint density at radius 2 is 1.89 bits per heavy atom. The lowest BCUT2D eigenvalue weighted by atomic mass is 10.2. The Kier molecular flexibility index (Phi) is 3.92. The first-order chi connectivity index (χ1) is 8.66. The van der Waals surface area contributed by atoms with Crippen LogP contribution in [-0.4, -0.2) is 23.4 Å². The van der Waals surface area contributed by atoms with Crippen molar-refractivity contribution in [3.8, 4) is 0 Å². The van der Waals surface area contributed by atoms with E-state index in [1.165, 1.54) is 29.2 Å². The second-order valence-corrected chi connectivity index (χ2v) is 4.29. The average Bonchev–Trinajstić information content (AvgIpc) is 2.57. The molecule has 1 fully saturated rings. The van der Waals surface area contributed by atoms with Gasteiger partial charge < -0.3 is 5.32 Å². The van der Waals surface area contributed by atoms with Crippen LogP contribution in [0.2, 0.25) is 0 Å². The normalized spacial score (nSPS) is 16.3. The maximum atomic E-state index is 12.7. The quantitative estimate of drug-likeness (QED) is 0.833. The number of likely N-dealkylation sites (tertiary alicyclic amines) is 1. The Bertz CT molecular complexity index is 445. The van der Waals surface area contributed by atoms with Gasteiger partial charge in [-0.05, 0) is 37.1 Å². The monoisotopic (exact) mass is 250 g/mol. The number of nitrogens with one attached hydrogen (secondary N) is 1. The lowest BCUT2D eigenvalue weighted by Gasteiger charge is -2.18. The number of carbonyl (C=O) groups is 2. The average molecular weight is 250 g/mol. The molecule has 1 heterocycles. The van der Waals surface area contributed by atoms with Crippen LogP contribution in [0.1, 0.15) is 25.7 Å². The first kappa shape index (κ1) is 12.5. The number of anilines is 1. The molecular weight excluding hydrogens is 235 g/mol. The summed E-state index contributed by atoms with van der Waals surface area (Å²) in [6.45, 7) is 0.450. The van der Waals surface area contributed by atoms with E-state index in [1.54, 1.807) is 0 Å². The molecule has 1 aliphatic heterocycles. The summed E-state index contributed by atoms with van der Waals surface area (Å²) in [5, 5.41) is 2.60. The van der Waals surface area contributed by atoms with Crippen molar-refractivity contribution in [1.82, 2.24) is 4.90 Å². The lowest BCUT2D eigenvalue weighted by molar-refractivity contribution is -0.127. The highest BCUT2D eigenvalue weighted by Crippen LogP contribution is 2.14. The number of hydrogen-bond donors (Lipinski definition) is 1. The molecule has 1 saturated heterocycles. The van der Waals surface area contributed by atoms with Gasteiger partial charge in [0.2, 0.25) is 5.91 Å². The molecule has 5 heteroatoms. The zero-order valence-corrected chi connectivity index (χ0v) is 9.99. The van der Waals surface area contributed by atoms with Crippen LogP contribution in [0.3, 0.4) is 0 Å². The number of benzene rings is 1. The fraction of sp³-hybridized carbons (Fsp3) is 0.385. The van der Waals surface area contributed by atoms with Gasteiger partial charge in [-0.1, -0.05) is 6.42 Å². The molecule has 2 rings (SSSR count). The smallest absolute Gasteiger partial charge is 0.307 e. The third kappa shape index (κ3) is 3.06. The summed E-state index contributed by atoms with van der Waals surface area (Å²) in [7, 11) is 0. The van der Waals surface area contributed by atoms with Crippen LogP contribution < -0.4 is 5.32 Å². The van der Waals surface area contributed by atoms with Gasteiger partial charge in [-0.15, -0.1) is 0 Å². The molecule has 0 spiro atoms. The topological polar surface area (TPSA) is 49.4 Å². The van der Waals surface area contributed by atoms with Crippen LogP contribution in [0, 0.1) is 5.82 Å². The van der Waals surface area contributed by atoms with E-state index in [-0.39, 0.29) is 11.7 Å². The van der Waals surface area contributed by atoms with Crippen LogP contribution >= 0.6 is 0 Å². The number of urea groups is 1. The molecule has 1 aromatic rings. The molecule has 0 unspecified atom stereocenters. The molecule has 1 aliphatic rings. The third-order valence-corrected chi connectivity index (χ3v) is 2.91. The number of halogens is 1. The van der Waals surface area contributed by atoms with Gasteiger partial charge in [-0.25, -0.2) is 9.18 Å². The summed E-state index contributed by atoms with van der Waals surface area (Å²) in [6, 6.07) is 5.03. The molecule has 0 bridgehead atoms. The van der Waals surface area contributed by atoms with Gasteiger partial charge in [0.25, 0.3) is 0 Å². The van der Waals surface area contributed by atoms with Crippen molar-refractivity contribution in [2.24, 2.45) is 0 Å². The zero-order valence-electron chi connectivity index (χ0n) is 9.99. The molecule has 0 saturated carbocycles. The van der Waals surface area contributed by atoms with Crippen LogP contribution in [0.25, 0.3) is 0 Å². The largest absolute Gasteiger partial charge is 0.328 e. The predicted molar refractivity (Wildman–Crippen MR) is 65.6 cm³/mol. The lowest BCUT2D eigenvalue weighted by Crippen LogP contribution is -2.39. The van der Waals surface area contributed by atoms with E-state index in [2.05, 4.69) is 5.32 Å². The van der Waals surface area contributed by atoms with Crippen molar-refractivity contribution >= 4 is 17.6 Å². The van der Waals surface area contributed by atoms with Crippen LogP contribution in [0.5, 0.6) is 0 Å². The van der Waals surface area contributed by atoms with Gasteiger partial charge in [0.05, 0.1) is 0 Å². The number of rotatable bonds is 1. The van der Waals surface area contributed by atoms with Crippen molar-refractivity contribution in [2.75, 3.05) is 11.9 Å². The van der Waals surface area contributed by atoms with Gasteiger partial charge in [0, 0.05) is 18.7 Å². The minimum Gasteiger partial charge on any atom is -0.307 e. The predicted octanol–water partition coefficient (Wildman–Crippen LogP) is 2.76. The molecule has 18 heavy (non-hydrogen) atoms. The van der Waals surface area contributed by atoms with Crippen molar-refractivity contribution < 1.29 is 14.0 Å². The van der Waals surface area contributed by atoms with E-state index in [0.29, 0.717) is 18.7 Å². The van der Waals surface area contributed by atoms with Crippen molar-refractivity contribution in [2.45, 2.75) is 25.7 Å². The first-order valence-corrected chi connectivity index (χ1v) is 6.04. The fourth-order valence-electron chi connectivity index (χ4n) is 1.92. The molecule has 0 aromatic heterocycles. The Hall–Kier alpha value is -1.91. The Balaban J connectivity index is 2.02. The Morgan fingerprint density at radius 3 is 2.61 bits per heavy atom. The summed E-state index contributed by atoms with van der Waals surface area (Å²) in [4.78, 5) is 24.9. The van der Waals surface area contributed by atoms with E-state index < -0.39 is 6.03 Å². The van der Waals surface area contributed by atoms with E-state index in [1.807, 2.05) is 0 Å². The molecule has 96 valence electrons. The highest BCUT2D eigenvalue weighted by Gasteiger charge is 2.22. The number of hydrogen-bond acceptors (Lipinski definition) is 2. The van der Waals surface area contributed by atoms with Gasteiger partial charge in [-0.3, -0.25) is 9.69 Å². The summed E-state index contributed by atoms with van der Waals surface area (Å²) in [5.74, 6) is -0.508. The highest BCUT2D eigenvalue weighted by molar-refractivity contribution is 6.01. The van der Waals surface area contributed by atoms with E-state index in [0.717, 1.165) is 19.3 Å². The molecule has 4 nitrogen and oxygen atoms in total. The molecule has 0 atom stereocenters. The van der Waals surface area contributed by atoms with Crippen LogP contribution in [0.15, 0.2) is 24.3 Å². The summed E-state index contributed by atoms with van der Waals surface area (Å²) >= 11 is 0. The summed E-state index contributed by atoms with van der Waals surface area (Å²) < 4.78 is 12.7. The van der Waals surface area contributed by atoms with Crippen molar-refractivity contribution in [3.05, 3.63) is 30.1 Å². The minimum atomic E-state index is -0.437. The third-order valence-electron chi connectivity index (χ3n) is 2.91. The van der Waals surface area contributed by atoms with Gasteiger partial charge in [0.15, 0.2) is 0 Å². The number of nitrogens with zero attached hydrogens (tertiary/aromatic N) is 1. The molecule has 3 amide bonds. The molecule has 0 aliphatic carbocycles. The number of amides is 3. The maximum absolute atomic E-state index is 12.7. The molecule has 1 aromatic carbocycles. The van der Waals surface area contributed by atoms with Gasteiger partial charge in [0.1, 0.15) is 5.82 Å². The van der Waals surface area contributed by atoms with E-state index >= 15 is 0 Å². The molecular formula is C13H15FN2O2. The highest BCUT2D eigenvalue weighted by atomic mass is 19.1. The van der Waals surface area contributed by atoms with Gasteiger partial charge >= 0.3 is 6.03 Å². The van der Waals surface area contributed by atoms with Crippen molar-refractivity contribution in [3.63, 3.8) is 0 Å². The summed E-state index contributed by atoms with van der Waals surface area (Å²) in [6.07, 6.45) is 3.05. The minimum absolute atomic E-state index is 0.146. The summed E-state index contributed by atoms with van der Waals surface area (Å²) in [5.41, 5.74) is 0.485. The maximum Gasteiger partial charge on any atom is 0.328 e. The van der Waals surface area contributed by atoms with Crippen LogP contribution in [-0.2, 0) is 4.79 Å². The molecule has 1 N–H and O–H groups in total. The van der Waals surface area contributed by atoms with Crippen LogP contribution in [0.4, 0.5) is 14.9 Å². The van der Waals surface area contributed by atoms with Crippen molar-refractivity contribution in [1.29, 1.82) is 0 Å². The second-order valence-electron chi connectivity index (χ2n) is 4.29. The molecule has 0 radical (unpaired) electrons. The fourth-order valence-corrected chi connectivity index (χ4v) is 1.92. The number of carbonyl (C=O) groups excluding carboxylic acids is 2. The zero-order chi connectivity index (χ0) is 13.0. The second kappa shape index (κ2) is 5.62. The van der Waals surface area contributed by atoms with E-state index in [9.17, 15) is 14.0 Å². The first-order valence-electron chi connectivity index (χ1n) is 6.04. The van der Waals surface area contributed by atoms with E-state index in [4.69, 9.17) is 0 Å². The Labute approximate surface area is 105 Å². The SMILES string of the molecule is O=C1CCCCCN1C(=O)Nc1ccc(F)cc1. The Morgan fingerprint density at radius 1 is 1.17 bits per heavy atom.